The zero-order valence-electron chi connectivity index (χ0n) is 10.1. The molecule has 0 aliphatic rings. The van der Waals surface area contributed by atoms with E-state index >= 15 is 0 Å². The third-order valence-corrected chi connectivity index (χ3v) is 1.53. The summed E-state index contributed by atoms with van der Waals surface area (Å²) in [6.07, 6.45) is 0. The standard InChI is InChI=1S/C10H12N2O2.C2H6/c1-7(13)11-9-3-5-10(6-4-9)12-8(2)14;1-2/h3-6H,1-2H3,(H,11,13)(H,12,14);1-2H3. The first-order valence-corrected chi connectivity index (χ1v) is 5.23. The molecule has 16 heavy (non-hydrogen) atoms. The van der Waals surface area contributed by atoms with Crippen molar-refractivity contribution in [1.29, 1.82) is 0 Å². The number of hydrogen-bond donors (Lipinski definition) is 2. The number of rotatable bonds is 2. The van der Waals surface area contributed by atoms with E-state index in [9.17, 15) is 9.59 Å². The maximum Gasteiger partial charge on any atom is 0.221 e. The van der Waals surface area contributed by atoms with Gasteiger partial charge in [-0.2, -0.15) is 0 Å². The van der Waals surface area contributed by atoms with Crippen molar-refractivity contribution in [1.82, 2.24) is 0 Å². The molecular weight excluding hydrogens is 204 g/mol. The zero-order valence-corrected chi connectivity index (χ0v) is 10.1. The minimum absolute atomic E-state index is 0.114. The first-order chi connectivity index (χ1) is 7.58. The molecule has 0 radical (unpaired) electrons. The predicted molar refractivity (Wildman–Crippen MR) is 66.4 cm³/mol. The van der Waals surface area contributed by atoms with Crippen LogP contribution >= 0.6 is 0 Å². The van der Waals surface area contributed by atoms with Crippen LogP contribution in [-0.4, -0.2) is 11.8 Å². The molecule has 0 saturated heterocycles. The molecule has 0 bridgehead atoms. The minimum Gasteiger partial charge on any atom is -0.326 e. The van der Waals surface area contributed by atoms with Gasteiger partial charge in [-0.25, -0.2) is 0 Å². The lowest BCUT2D eigenvalue weighted by atomic mass is 10.3. The van der Waals surface area contributed by atoms with Crippen LogP contribution in [0, 0.1) is 0 Å². The van der Waals surface area contributed by atoms with Gasteiger partial charge in [-0.3, -0.25) is 9.59 Å². The molecule has 0 heterocycles. The summed E-state index contributed by atoms with van der Waals surface area (Å²) in [5, 5.41) is 5.27. The number of amides is 2. The van der Waals surface area contributed by atoms with Gasteiger partial charge in [-0.15, -0.1) is 0 Å². The van der Waals surface area contributed by atoms with Crippen LogP contribution in [0.5, 0.6) is 0 Å². The first kappa shape index (κ1) is 14.2. The number of anilines is 2. The molecule has 0 aliphatic carbocycles. The smallest absolute Gasteiger partial charge is 0.221 e. The second-order valence-electron chi connectivity index (χ2n) is 2.94. The largest absolute Gasteiger partial charge is 0.326 e. The maximum absolute atomic E-state index is 10.7. The van der Waals surface area contributed by atoms with Gasteiger partial charge in [0.1, 0.15) is 0 Å². The Hall–Kier alpha value is -1.84. The Morgan fingerprint density at radius 2 is 1.06 bits per heavy atom. The predicted octanol–water partition coefficient (Wildman–Crippen LogP) is 2.63. The Balaban J connectivity index is 0.00000106. The third kappa shape index (κ3) is 5.80. The molecule has 0 fully saturated rings. The van der Waals surface area contributed by atoms with Crippen LogP contribution in [0.1, 0.15) is 27.7 Å². The molecule has 0 unspecified atom stereocenters. The van der Waals surface area contributed by atoms with E-state index in [0.717, 1.165) is 0 Å². The highest BCUT2D eigenvalue weighted by Gasteiger charge is 1.97. The van der Waals surface area contributed by atoms with Crippen molar-refractivity contribution >= 4 is 23.2 Å². The average Bonchev–Trinajstić information content (AvgIpc) is 2.22. The van der Waals surface area contributed by atoms with Crippen molar-refractivity contribution in [2.45, 2.75) is 27.7 Å². The van der Waals surface area contributed by atoms with Crippen LogP contribution in [0.3, 0.4) is 0 Å². The summed E-state index contributed by atoms with van der Waals surface area (Å²) in [5.74, 6) is -0.227. The van der Waals surface area contributed by atoms with Crippen LogP contribution in [-0.2, 0) is 9.59 Å². The summed E-state index contributed by atoms with van der Waals surface area (Å²) in [6.45, 7) is 6.89. The highest BCUT2D eigenvalue weighted by molar-refractivity contribution is 5.90. The summed E-state index contributed by atoms with van der Waals surface area (Å²) in [5.41, 5.74) is 1.43. The Morgan fingerprint density at radius 1 is 0.812 bits per heavy atom. The lowest BCUT2D eigenvalue weighted by molar-refractivity contribution is -0.115. The van der Waals surface area contributed by atoms with Crippen LogP contribution < -0.4 is 10.6 Å². The lowest BCUT2D eigenvalue weighted by Crippen LogP contribution is -2.07. The van der Waals surface area contributed by atoms with Gasteiger partial charge in [0.15, 0.2) is 0 Å². The van der Waals surface area contributed by atoms with E-state index in [2.05, 4.69) is 10.6 Å². The first-order valence-electron chi connectivity index (χ1n) is 5.23. The summed E-state index contributed by atoms with van der Waals surface area (Å²) in [6, 6.07) is 6.92. The number of benzene rings is 1. The second kappa shape index (κ2) is 7.45. The molecule has 2 amide bonds. The number of nitrogens with one attached hydrogen (secondary N) is 2. The molecule has 1 rings (SSSR count). The summed E-state index contributed by atoms with van der Waals surface area (Å²) in [7, 11) is 0. The highest BCUT2D eigenvalue weighted by atomic mass is 16.2. The van der Waals surface area contributed by atoms with Gasteiger partial charge in [0.25, 0.3) is 0 Å². The second-order valence-corrected chi connectivity index (χ2v) is 2.94. The van der Waals surface area contributed by atoms with Gasteiger partial charge >= 0.3 is 0 Å². The zero-order chi connectivity index (χ0) is 12.6. The van der Waals surface area contributed by atoms with Gasteiger partial charge in [-0.05, 0) is 24.3 Å². The molecule has 0 aromatic heterocycles. The van der Waals surface area contributed by atoms with Crippen molar-refractivity contribution in [3.8, 4) is 0 Å². The molecule has 4 nitrogen and oxygen atoms in total. The van der Waals surface area contributed by atoms with Crippen LogP contribution in [0.15, 0.2) is 24.3 Å². The molecule has 0 spiro atoms. The maximum atomic E-state index is 10.7. The van der Waals surface area contributed by atoms with E-state index in [0.29, 0.717) is 11.4 Å². The normalized spacial score (nSPS) is 8.50. The molecule has 0 aliphatic heterocycles. The van der Waals surface area contributed by atoms with E-state index in [1.165, 1.54) is 13.8 Å². The van der Waals surface area contributed by atoms with E-state index in [1.807, 2.05) is 13.8 Å². The van der Waals surface area contributed by atoms with Gasteiger partial charge < -0.3 is 10.6 Å². The van der Waals surface area contributed by atoms with Gasteiger partial charge in [0.05, 0.1) is 0 Å². The SMILES string of the molecule is CC.CC(=O)Nc1ccc(NC(C)=O)cc1. The lowest BCUT2D eigenvalue weighted by Gasteiger charge is -2.04. The summed E-state index contributed by atoms with van der Waals surface area (Å²) in [4.78, 5) is 21.4. The summed E-state index contributed by atoms with van der Waals surface area (Å²) >= 11 is 0. The minimum atomic E-state index is -0.114. The molecule has 1 aromatic rings. The van der Waals surface area contributed by atoms with Crippen molar-refractivity contribution in [2.75, 3.05) is 10.6 Å². The molecule has 2 N–H and O–H groups in total. The van der Waals surface area contributed by atoms with E-state index in [1.54, 1.807) is 24.3 Å². The van der Waals surface area contributed by atoms with Crippen molar-refractivity contribution < 1.29 is 9.59 Å². The number of carbonyl (C=O) groups excluding carboxylic acids is 2. The van der Waals surface area contributed by atoms with Crippen molar-refractivity contribution in [3.63, 3.8) is 0 Å². The van der Waals surface area contributed by atoms with Crippen LogP contribution in [0.25, 0.3) is 0 Å². The van der Waals surface area contributed by atoms with E-state index in [4.69, 9.17) is 0 Å². The van der Waals surface area contributed by atoms with Crippen LogP contribution in [0.4, 0.5) is 11.4 Å². The summed E-state index contributed by atoms with van der Waals surface area (Å²) < 4.78 is 0. The van der Waals surface area contributed by atoms with E-state index < -0.39 is 0 Å². The molecule has 4 heteroatoms. The number of hydrogen-bond acceptors (Lipinski definition) is 2. The third-order valence-electron chi connectivity index (χ3n) is 1.53. The fraction of sp³-hybridized carbons (Fsp3) is 0.333. The monoisotopic (exact) mass is 222 g/mol. The Morgan fingerprint density at radius 3 is 1.25 bits per heavy atom. The molecule has 0 saturated carbocycles. The van der Waals surface area contributed by atoms with Gasteiger partial charge in [0.2, 0.25) is 11.8 Å². The fourth-order valence-electron chi connectivity index (χ4n) is 1.04. The molecule has 0 atom stereocenters. The molecular formula is C12H18N2O2. The quantitative estimate of drug-likeness (QED) is 0.808. The van der Waals surface area contributed by atoms with Crippen LogP contribution in [0.2, 0.25) is 0 Å². The molecule has 1 aromatic carbocycles. The average molecular weight is 222 g/mol. The fourth-order valence-corrected chi connectivity index (χ4v) is 1.04. The van der Waals surface area contributed by atoms with Gasteiger partial charge in [0, 0.05) is 25.2 Å². The van der Waals surface area contributed by atoms with E-state index in [-0.39, 0.29) is 11.8 Å². The topological polar surface area (TPSA) is 58.2 Å². The Bertz CT molecular complexity index is 310. The Kier molecular flexibility index (Phi) is 6.59. The molecule has 88 valence electrons. The van der Waals surface area contributed by atoms with Crippen molar-refractivity contribution in [3.05, 3.63) is 24.3 Å². The van der Waals surface area contributed by atoms with Gasteiger partial charge in [-0.1, -0.05) is 13.8 Å². The highest BCUT2D eigenvalue weighted by Crippen LogP contribution is 2.13. The number of carbonyl (C=O) groups is 2. The van der Waals surface area contributed by atoms with Crippen molar-refractivity contribution in [2.24, 2.45) is 0 Å². The Labute approximate surface area is 96.0 Å².